The van der Waals surface area contributed by atoms with E-state index in [1.807, 2.05) is 0 Å². The maximum absolute atomic E-state index is 21.5. The molecule has 20 heteroatoms. The summed E-state index contributed by atoms with van der Waals surface area (Å²) >= 11 is 0. The van der Waals surface area contributed by atoms with Gasteiger partial charge in [0.25, 0.3) is 23.4 Å². The molecule has 16 aliphatic rings. The van der Waals surface area contributed by atoms with Crippen LogP contribution in [0.2, 0.25) is 0 Å². The van der Waals surface area contributed by atoms with Crippen LogP contribution in [0.1, 0.15) is 100 Å². The smallest absolute Gasteiger partial charge is 0.295 e. The predicted molar refractivity (Wildman–Crippen MR) is 236 cm³/mol. The Bertz CT molecular complexity index is 6480. The number of hydrogen-bond donors (Lipinski definition) is 0. The lowest BCUT2D eigenvalue weighted by Gasteiger charge is -2.68. The number of hydrogen-bond acceptors (Lipinski definition) is 2. The van der Waals surface area contributed by atoms with Crippen molar-refractivity contribution in [1.82, 2.24) is 0 Å². The van der Waals surface area contributed by atoms with Crippen molar-refractivity contribution < 1.29 is 88.5 Å². The van der Waals surface area contributed by atoms with E-state index in [0.29, 0.717) is 0 Å². The summed E-state index contributed by atoms with van der Waals surface area (Å²) in [5.74, 6) is -22.7. The van der Waals surface area contributed by atoms with Crippen LogP contribution in [0.25, 0.3) is 129 Å². The second-order valence-corrected chi connectivity index (χ2v) is 27.6. The Hall–Kier alpha value is -6.80. The molecular weight excluding hydrogens is 1090 g/mol. The molecule has 14 aliphatic carbocycles. The Morgan fingerprint density at radius 3 is 0.812 bits per heavy atom. The molecule has 30 rings (SSSR count). The van der Waals surface area contributed by atoms with E-state index in [9.17, 15) is 0 Å². The molecule has 0 spiro atoms. The van der Waals surface area contributed by atoms with E-state index < -0.39 is 268 Å². The van der Waals surface area contributed by atoms with Crippen LogP contribution in [0.5, 0.6) is 0 Å². The van der Waals surface area contributed by atoms with E-state index in [4.69, 9.17) is 9.47 Å². The maximum atomic E-state index is 21.5. The Labute approximate surface area is 419 Å². The molecule has 0 amide bonds. The van der Waals surface area contributed by atoms with E-state index in [1.165, 1.54) is 0 Å². The largest absolute Gasteiger partial charge is 0.297 e. The molecule has 18 unspecified atom stereocenters. The monoisotopic (exact) mass is 1090 g/mol. The van der Waals surface area contributed by atoms with Crippen molar-refractivity contribution in [3.8, 4) is 0 Å². The summed E-state index contributed by atoms with van der Waals surface area (Å²) in [7, 11) is 0. The van der Waals surface area contributed by atoms with Gasteiger partial charge in [-0.2, -0.15) is 0 Å². The predicted octanol–water partition coefficient (Wildman–Crippen LogP) is 14.9. The van der Waals surface area contributed by atoms with Gasteiger partial charge in [-0.15, -0.1) is 0 Å². The average molecular weight is 1090 g/mol. The zero-order chi connectivity index (χ0) is 52.7. The third-order valence-corrected chi connectivity index (χ3v) is 27.6. The van der Waals surface area contributed by atoms with Gasteiger partial charge in [-0.05, 0) is 124 Å². The molecule has 0 fully saturated rings. The van der Waals surface area contributed by atoms with Gasteiger partial charge in [0.1, 0.15) is 0 Å². The minimum atomic E-state index is -6.18. The fourth-order valence-corrected chi connectivity index (χ4v) is 27.0. The third kappa shape index (κ3) is 1.57. The number of fused-ring (bicyclic) bond motifs is 10. The van der Waals surface area contributed by atoms with Crippen molar-refractivity contribution in [3.05, 3.63) is 100 Å². The molecule has 0 radical (unpaired) electrons. The first kappa shape index (κ1) is 35.8. The fraction of sp³-hybridized carbons (Fsp3) is 0.300. The molecule has 2 heterocycles. The van der Waals surface area contributed by atoms with Crippen LogP contribution in [-0.2, 0) is 95.1 Å². The van der Waals surface area contributed by atoms with Gasteiger partial charge in [0.05, 0.1) is 0 Å². The number of ether oxygens (including phenoxy) is 2. The van der Waals surface area contributed by atoms with Gasteiger partial charge >= 0.3 is 0 Å². The average Bonchev–Trinajstić information content (AvgIpc) is 1.35. The van der Waals surface area contributed by atoms with Crippen molar-refractivity contribution in [3.63, 3.8) is 0 Å². The van der Waals surface area contributed by atoms with Crippen molar-refractivity contribution >= 4 is 129 Å². The molecule has 2 aliphatic heterocycles. The fourth-order valence-electron chi connectivity index (χ4n) is 27.0. The summed E-state index contributed by atoms with van der Waals surface area (Å²) in [5.41, 5.74) is -117. The lowest BCUT2D eigenvalue weighted by molar-refractivity contribution is -0.461. The first-order valence-electron chi connectivity index (χ1n) is 26.2. The van der Waals surface area contributed by atoms with Crippen LogP contribution in [0, 0.1) is 0 Å². The van der Waals surface area contributed by atoms with E-state index in [1.54, 1.807) is 0 Å². The summed E-state index contributed by atoms with van der Waals surface area (Å²) in [5, 5.41) is -11.2. The lowest BCUT2D eigenvalue weighted by Crippen LogP contribution is -2.85. The van der Waals surface area contributed by atoms with Crippen LogP contribution in [0.15, 0.2) is 0 Å². The standard InChI is InChI=1S/C60F18O2/c61-43-25-16-7-1-3-4-2-6-5(1)11-15-12(6)21-17-8(2)14-10(4)19-18-9(3)13(7)22-31(25)46(64)47(65)33(22)27(18)45(63)28(19)34-23(14)32-26(17)44(62)30(21)36-24(15)35(29(43)20(11)16)55(73)53(71)38-37(50(46,68)58(43,53)76)41-42-40-39(38)54(72,56(36,74)79-55)59(44,77)51(40,69)48(32,66)49(34,67)57(42,75)80-60(45,78)52(41,47)70. The first-order chi connectivity index (χ1) is 37.6. The summed E-state index contributed by atoms with van der Waals surface area (Å²) in [4.78, 5) is 0. The quantitative estimate of drug-likeness (QED) is 0.111. The van der Waals surface area contributed by atoms with Gasteiger partial charge in [0, 0.05) is 106 Å². The molecule has 0 N–H and O–H groups in total. The van der Waals surface area contributed by atoms with Crippen molar-refractivity contribution in [2.75, 3.05) is 0 Å². The second kappa shape index (κ2) is 6.97. The molecule has 0 bridgehead atoms. The highest BCUT2D eigenvalue weighted by molar-refractivity contribution is 6.68. The summed E-state index contributed by atoms with van der Waals surface area (Å²) in [6, 6.07) is 0. The molecule has 14 aromatic rings. The van der Waals surface area contributed by atoms with Crippen LogP contribution < -0.4 is 0 Å². The maximum Gasteiger partial charge on any atom is 0.297 e. The third-order valence-electron chi connectivity index (χ3n) is 27.6. The van der Waals surface area contributed by atoms with Gasteiger partial charge in [0.2, 0.25) is 79.4 Å². The van der Waals surface area contributed by atoms with Gasteiger partial charge < -0.3 is 0 Å². The Morgan fingerprint density at radius 2 is 0.412 bits per heavy atom. The molecule has 0 saturated carbocycles. The molecule has 2 nitrogen and oxygen atoms in total. The Kier molecular flexibility index (Phi) is 3.12. The van der Waals surface area contributed by atoms with Crippen LogP contribution in [0.4, 0.5) is 79.0 Å². The van der Waals surface area contributed by atoms with E-state index in [0.717, 1.165) is 0 Å². The molecule has 18 atom stereocenters. The van der Waals surface area contributed by atoms with Gasteiger partial charge in [0.15, 0.2) is 0 Å². The summed E-state index contributed by atoms with van der Waals surface area (Å²) in [6.45, 7) is 0. The number of benzene rings is 11. The minimum absolute atomic E-state index is 0.0543. The SMILES string of the molecule is FC12OC3(F)C4(F)c5c6c7c8c9c%10c%11c%12c%13c%14c%15c%16c%17c%18c%19c%20c%21c(c4c4c5c5c7c%10c7c5c5c4c%21c%18c5c4c%17c%14c%11c74)C4(F)C3(F)c3c1c1c5c7c3C(F)(C%204F)C(F)(C%19%16F)C7(F)C%15(F)OC%13(F)C5(F)C(F)(C9%12F)C1(F)C8(F)C62F. The van der Waals surface area contributed by atoms with E-state index in [2.05, 4.69) is 0 Å². The summed E-state index contributed by atoms with van der Waals surface area (Å²) < 4.78 is 394. The number of alkyl halides is 18. The topological polar surface area (TPSA) is 18.5 Å². The van der Waals surface area contributed by atoms with Crippen molar-refractivity contribution in [1.29, 1.82) is 0 Å². The number of rotatable bonds is 0. The first-order valence-corrected chi connectivity index (χ1v) is 26.2. The summed E-state index contributed by atoms with van der Waals surface area (Å²) in [6.07, 6.45) is 0. The number of halogens is 18. The Morgan fingerprint density at radius 1 is 0.163 bits per heavy atom. The van der Waals surface area contributed by atoms with Crippen LogP contribution in [-0.4, -0.2) is 17.2 Å². The van der Waals surface area contributed by atoms with Crippen molar-refractivity contribution in [2.24, 2.45) is 0 Å². The molecule has 80 heavy (non-hydrogen) atoms. The van der Waals surface area contributed by atoms with E-state index >= 15 is 79.0 Å². The lowest BCUT2D eigenvalue weighted by atomic mass is 9.42. The molecule has 0 saturated heterocycles. The van der Waals surface area contributed by atoms with Crippen molar-refractivity contribution in [2.45, 2.75) is 103 Å². The molecular formula is C60F18O2. The second-order valence-electron chi connectivity index (χ2n) is 27.6. The van der Waals surface area contributed by atoms with Gasteiger partial charge in [-0.3, -0.25) is 9.47 Å². The molecule has 0 aromatic heterocycles. The van der Waals surface area contributed by atoms with Gasteiger partial charge in [-0.25, -0.2) is 79.0 Å². The highest BCUT2D eigenvalue weighted by Crippen LogP contribution is 3.03. The van der Waals surface area contributed by atoms with E-state index in [-0.39, 0.29) is 64.6 Å². The highest BCUT2D eigenvalue weighted by Gasteiger charge is 3.14. The molecule has 14 aromatic carbocycles. The Balaban J connectivity index is 1.16. The van der Waals surface area contributed by atoms with Crippen LogP contribution >= 0.6 is 0 Å². The highest BCUT2D eigenvalue weighted by atomic mass is 19.2. The van der Waals surface area contributed by atoms with Gasteiger partial charge in [-0.1, -0.05) is 0 Å². The zero-order valence-electron chi connectivity index (χ0n) is 37.6. The van der Waals surface area contributed by atoms with Crippen LogP contribution in [0.3, 0.4) is 0 Å². The normalized spacial score (nSPS) is 53.9. The zero-order valence-corrected chi connectivity index (χ0v) is 37.6. The molecule has 378 valence electrons. The minimum Gasteiger partial charge on any atom is -0.295 e.